The topological polar surface area (TPSA) is 38.7 Å². The minimum Gasteiger partial charge on any atom is -0.497 e. The lowest BCUT2D eigenvalue weighted by molar-refractivity contribution is -0.120. The number of aliphatic hydroxyl groups is 1. The van der Waals surface area contributed by atoms with Crippen LogP contribution in [0.1, 0.15) is 49.7 Å². The normalized spacial score (nSPS) is 41.6. The van der Waals surface area contributed by atoms with Crippen LogP contribution in [0.4, 0.5) is 0 Å². The van der Waals surface area contributed by atoms with Crippen molar-refractivity contribution in [2.45, 2.75) is 56.7 Å². The third-order valence-electron chi connectivity index (χ3n) is 7.75. The van der Waals surface area contributed by atoms with Gasteiger partial charge < -0.3 is 14.6 Å². The number of halogens is 1. The van der Waals surface area contributed by atoms with Crippen LogP contribution in [0.2, 0.25) is 0 Å². The molecular weight excluding hydrogens is 437 g/mol. The van der Waals surface area contributed by atoms with Crippen LogP contribution in [0.15, 0.2) is 28.4 Å². The molecule has 6 atom stereocenters. The summed E-state index contributed by atoms with van der Waals surface area (Å²) >= 11 is 2.23. The minimum absolute atomic E-state index is 0.111. The van der Waals surface area contributed by atoms with Gasteiger partial charge in [0.1, 0.15) is 5.75 Å². The van der Waals surface area contributed by atoms with E-state index in [1.807, 2.05) is 17.3 Å². The Hall–Kier alpha value is -0.590. The van der Waals surface area contributed by atoms with Gasteiger partial charge in [-0.2, -0.15) is 0 Å². The summed E-state index contributed by atoms with van der Waals surface area (Å²) in [6.07, 6.45) is 7.34. The van der Waals surface area contributed by atoms with Crippen molar-refractivity contribution < 1.29 is 14.6 Å². The fourth-order valence-corrected chi connectivity index (χ4v) is 6.97. The molecule has 1 N–H and O–H groups in total. The highest BCUT2D eigenvalue weighted by atomic mass is 125. The smallest absolute Gasteiger partial charge is 0.119 e. The first-order valence-electron chi connectivity index (χ1n) is 9.67. The minimum atomic E-state index is -0.708. The standard InChI is InChI=1S/C22H29IO3/c1-21-13-19(26-3)20-16-7-5-15(25-2)12-14(16)4-6-17(20)18(21)8-9-22(21,24)10-11-23/h5,7,10-12,17-20,24H,4,6,8-9,13H2,1-3H3/b11-10+/t17-,18-,19-,20+,21-,22+/m0/s1/i23-2. The molecule has 0 aromatic heterocycles. The molecule has 0 unspecified atom stereocenters. The van der Waals surface area contributed by atoms with E-state index in [4.69, 9.17) is 9.47 Å². The van der Waals surface area contributed by atoms with E-state index >= 15 is 0 Å². The van der Waals surface area contributed by atoms with Crippen molar-refractivity contribution in [3.05, 3.63) is 39.5 Å². The number of methoxy groups -OCH3 is 2. The maximum Gasteiger partial charge on any atom is 0.119 e. The Bertz CT molecular complexity index is 717. The molecule has 1 aromatic rings. The van der Waals surface area contributed by atoms with Crippen LogP contribution in [0.5, 0.6) is 5.75 Å². The Balaban J connectivity index is 1.76. The number of ether oxygens (including phenoxy) is 2. The highest BCUT2D eigenvalue weighted by Crippen LogP contribution is 2.65. The molecule has 26 heavy (non-hydrogen) atoms. The number of hydrogen-bond donors (Lipinski definition) is 1. The van der Waals surface area contributed by atoms with Crippen LogP contribution in [0, 0.1) is 17.3 Å². The first-order chi connectivity index (χ1) is 12.5. The van der Waals surface area contributed by atoms with Gasteiger partial charge >= 0.3 is 0 Å². The fourth-order valence-electron chi connectivity index (χ4n) is 6.38. The van der Waals surface area contributed by atoms with Crippen LogP contribution < -0.4 is 4.74 Å². The van der Waals surface area contributed by atoms with Crippen molar-refractivity contribution in [2.75, 3.05) is 14.2 Å². The summed E-state index contributed by atoms with van der Waals surface area (Å²) in [5.41, 5.74) is 2.04. The molecule has 0 spiro atoms. The molecule has 3 nitrogen and oxygen atoms in total. The van der Waals surface area contributed by atoms with Gasteiger partial charge in [0.05, 0.1) is 18.8 Å². The number of fused-ring (bicyclic) bond motifs is 5. The second-order valence-electron chi connectivity index (χ2n) is 8.55. The summed E-state index contributed by atoms with van der Waals surface area (Å²) in [5, 5.41) is 11.4. The molecule has 2 saturated carbocycles. The van der Waals surface area contributed by atoms with Gasteiger partial charge in [0.25, 0.3) is 0 Å². The van der Waals surface area contributed by atoms with Crippen molar-refractivity contribution in [3.63, 3.8) is 0 Å². The zero-order valence-corrected chi connectivity index (χ0v) is 18.0. The predicted molar refractivity (Wildman–Crippen MR) is 112 cm³/mol. The molecule has 4 rings (SSSR count). The van der Waals surface area contributed by atoms with Crippen molar-refractivity contribution in [1.82, 2.24) is 0 Å². The molecule has 0 bridgehead atoms. The number of aryl methyl sites for hydroxylation is 1. The maximum atomic E-state index is 11.4. The number of hydrogen-bond acceptors (Lipinski definition) is 3. The van der Waals surface area contributed by atoms with E-state index in [1.165, 1.54) is 17.5 Å². The Morgan fingerprint density at radius 2 is 2.08 bits per heavy atom. The fraction of sp³-hybridized carbons (Fsp3) is 0.636. The van der Waals surface area contributed by atoms with E-state index < -0.39 is 5.60 Å². The van der Waals surface area contributed by atoms with Gasteiger partial charge in [0.15, 0.2) is 0 Å². The summed E-state index contributed by atoms with van der Waals surface area (Å²) < 4.78 is 13.5. The Morgan fingerprint density at radius 1 is 1.27 bits per heavy atom. The second-order valence-corrected chi connectivity index (χ2v) is 9.27. The lowest BCUT2D eigenvalue weighted by Gasteiger charge is -2.55. The van der Waals surface area contributed by atoms with Crippen molar-refractivity contribution in [2.24, 2.45) is 17.3 Å². The van der Waals surface area contributed by atoms with Gasteiger partial charge in [-0.1, -0.05) is 35.6 Å². The zero-order chi connectivity index (χ0) is 18.5. The second kappa shape index (κ2) is 6.78. The highest BCUT2D eigenvalue weighted by molar-refractivity contribution is 14.1. The predicted octanol–water partition coefficient (Wildman–Crippen LogP) is 4.86. The molecule has 1 aromatic carbocycles. The van der Waals surface area contributed by atoms with Gasteiger partial charge in [0, 0.05) is 18.4 Å². The van der Waals surface area contributed by atoms with E-state index in [0.29, 0.717) is 17.8 Å². The summed E-state index contributed by atoms with van der Waals surface area (Å²) in [7, 11) is 3.57. The lowest BCUT2D eigenvalue weighted by atomic mass is 9.52. The first kappa shape index (κ1) is 18.8. The summed E-state index contributed by atoms with van der Waals surface area (Å²) in [6.45, 7) is 2.30. The number of benzene rings is 1. The first-order valence-corrected chi connectivity index (χ1v) is 10.9. The average molecular weight is 466 g/mol. The van der Waals surface area contributed by atoms with Crippen LogP contribution in [0.3, 0.4) is 0 Å². The third kappa shape index (κ3) is 2.59. The monoisotopic (exact) mass is 466 g/mol. The van der Waals surface area contributed by atoms with Crippen molar-refractivity contribution >= 4 is 22.6 Å². The zero-order valence-electron chi connectivity index (χ0n) is 15.9. The summed E-state index contributed by atoms with van der Waals surface area (Å²) in [4.78, 5) is 0. The van der Waals surface area contributed by atoms with Crippen molar-refractivity contribution in [3.8, 4) is 5.75 Å². The quantitative estimate of drug-likeness (QED) is 0.648. The molecular formula is C22H29IO3. The molecule has 3 aliphatic rings. The molecule has 3 aliphatic carbocycles. The molecule has 0 amide bonds. The van der Waals surface area contributed by atoms with Gasteiger partial charge in [-0.15, -0.1) is 0 Å². The molecule has 2 fully saturated rings. The van der Waals surface area contributed by atoms with Crippen LogP contribution in [-0.4, -0.2) is 31.0 Å². The van der Waals surface area contributed by atoms with Crippen LogP contribution in [0.25, 0.3) is 0 Å². The van der Waals surface area contributed by atoms with Crippen LogP contribution >= 0.6 is 22.6 Å². The number of rotatable bonds is 3. The Morgan fingerprint density at radius 3 is 2.77 bits per heavy atom. The SMILES string of the molecule is COc1ccc2c(c1)CC[C@@H]1[C@@H]2[C@@H](OC)C[C@@]2(C)[C@H]1CC[C@@]2(O)/C=C/[125I]. The van der Waals surface area contributed by atoms with E-state index in [9.17, 15) is 5.11 Å². The van der Waals surface area contributed by atoms with Gasteiger partial charge in [0.2, 0.25) is 0 Å². The molecule has 0 heterocycles. The highest BCUT2D eigenvalue weighted by Gasteiger charge is 2.63. The van der Waals surface area contributed by atoms with E-state index in [-0.39, 0.29) is 11.5 Å². The summed E-state index contributed by atoms with van der Waals surface area (Å²) in [5.74, 6) is 2.50. The molecule has 0 radical (unpaired) electrons. The van der Waals surface area contributed by atoms with Gasteiger partial charge in [-0.05, 0) is 77.4 Å². The third-order valence-corrected chi connectivity index (χ3v) is 8.11. The molecule has 4 heteroatoms. The molecule has 0 saturated heterocycles. The van der Waals surface area contributed by atoms with Crippen LogP contribution in [-0.2, 0) is 11.2 Å². The van der Waals surface area contributed by atoms with E-state index in [1.54, 1.807) is 7.11 Å². The largest absolute Gasteiger partial charge is 0.497 e. The Kier molecular flexibility index (Phi) is 4.89. The van der Waals surface area contributed by atoms with Gasteiger partial charge in [-0.25, -0.2) is 0 Å². The van der Waals surface area contributed by atoms with E-state index in [0.717, 1.165) is 31.4 Å². The van der Waals surface area contributed by atoms with Gasteiger partial charge in [-0.3, -0.25) is 0 Å². The maximum absolute atomic E-state index is 11.4. The summed E-state index contributed by atoms with van der Waals surface area (Å²) in [6, 6.07) is 6.55. The lowest BCUT2D eigenvalue weighted by Crippen LogP contribution is -2.54. The van der Waals surface area contributed by atoms with Crippen molar-refractivity contribution in [1.29, 1.82) is 0 Å². The average Bonchev–Trinajstić information content (AvgIpc) is 2.91. The van der Waals surface area contributed by atoms with E-state index in [2.05, 4.69) is 47.7 Å². The molecule has 142 valence electrons. The molecule has 0 aliphatic heterocycles. The Labute approximate surface area is 170 Å².